The number of rotatable bonds is 6. The van der Waals surface area contributed by atoms with Crippen LogP contribution in [0, 0.1) is 11.3 Å². The standard InChI is InChI=1S/C24H18N2O4/c1-29-24(28)20-12-6-5-9-17(20)15-18(16-25)23(27)26-21-13-7-8-14-22(21)30-19-10-3-2-4-11-19/h2-15H,1H3,(H,26,27)/b18-15+. The average molecular weight is 398 g/mol. The number of esters is 1. The number of methoxy groups -OCH3 is 1. The second kappa shape index (κ2) is 9.71. The predicted octanol–water partition coefficient (Wildman–Crippen LogP) is 4.81. The summed E-state index contributed by atoms with van der Waals surface area (Å²) in [5, 5.41) is 12.2. The molecule has 148 valence electrons. The monoisotopic (exact) mass is 398 g/mol. The van der Waals surface area contributed by atoms with E-state index in [1.165, 1.54) is 13.2 Å². The molecular formula is C24H18N2O4. The Morgan fingerprint density at radius 3 is 2.33 bits per heavy atom. The summed E-state index contributed by atoms with van der Waals surface area (Å²) in [4.78, 5) is 24.7. The summed E-state index contributed by atoms with van der Waals surface area (Å²) in [7, 11) is 1.27. The number of ether oxygens (including phenoxy) is 2. The van der Waals surface area contributed by atoms with Crippen molar-refractivity contribution in [2.24, 2.45) is 0 Å². The van der Waals surface area contributed by atoms with Gasteiger partial charge in [0.15, 0.2) is 5.75 Å². The van der Waals surface area contributed by atoms with Gasteiger partial charge in [0.05, 0.1) is 18.4 Å². The van der Waals surface area contributed by atoms with E-state index >= 15 is 0 Å². The van der Waals surface area contributed by atoms with Gasteiger partial charge in [-0.15, -0.1) is 0 Å². The Kier molecular flexibility index (Phi) is 6.59. The van der Waals surface area contributed by atoms with E-state index in [1.54, 1.807) is 60.7 Å². The smallest absolute Gasteiger partial charge is 0.338 e. The summed E-state index contributed by atoms with van der Waals surface area (Å²) in [6.07, 6.45) is 1.35. The van der Waals surface area contributed by atoms with Gasteiger partial charge in [-0.25, -0.2) is 4.79 Å². The molecule has 3 rings (SSSR count). The number of carbonyl (C=O) groups excluding carboxylic acids is 2. The number of hydrogen-bond acceptors (Lipinski definition) is 5. The fourth-order valence-corrected chi connectivity index (χ4v) is 2.69. The molecule has 6 nitrogen and oxygen atoms in total. The molecule has 6 heteroatoms. The van der Waals surface area contributed by atoms with Crippen molar-refractivity contribution in [1.29, 1.82) is 5.26 Å². The molecule has 0 aliphatic heterocycles. The van der Waals surface area contributed by atoms with Crippen LogP contribution in [0.25, 0.3) is 6.08 Å². The minimum Gasteiger partial charge on any atom is -0.465 e. The first-order chi connectivity index (χ1) is 14.6. The second-order valence-corrected chi connectivity index (χ2v) is 6.11. The van der Waals surface area contributed by atoms with Gasteiger partial charge in [-0.05, 0) is 42.0 Å². The molecule has 30 heavy (non-hydrogen) atoms. The number of anilines is 1. The first-order valence-electron chi connectivity index (χ1n) is 9.05. The van der Waals surface area contributed by atoms with Gasteiger partial charge in [-0.3, -0.25) is 4.79 Å². The van der Waals surface area contributed by atoms with Crippen molar-refractivity contribution in [3.05, 3.63) is 95.6 Å². The summed E-state index contributed by atoms with van der Waals surface area (Å²) >= 11 is 0. The van der Waals surface area contributed by atoms with E-state index in [9.17, 15) is 14.9 Å². The topological polar surface area (TPSA) is 88.4 Å². The fourth-order valence-electron chi connectivity index (χ4n) is 2.69. The molecule has 0 aliphatic rings. The van der Waals surface area contributed by atoms with E-state index in [1.807, 2.05) is 24.3 Å². The minimum atomic E-state index is -0.624. The Morgan fingerprint density at radius 2 is 1.60 bits per heavy atom. The van der Waals surface area contributed by atoms with Gasteiger partial charge in [-0.1, -0.05) is 48.5 Å². The van der Waals surface area contributed by atoms with Crippen molar-refractivity contribution in [2.45, 2.75) is 0 Å². The average Bonchev–Trinajstić information content (AvgIpc) is 2.79. The summed E-state index contributed by atoms with van der Waals surface area (Å²) in [6, 6.07) is 24.5. The number of benzene rings is 3. The lowest BCUT2D eigenvalue weighted by Crippen LogP contribution is -2.14. The highest BCUT2D eigenvalue weighted by Gasteiger charge is 2.15. The quantitative estimate of drug-likeness (QED) is 0.366. The third-order valence-corrected chi connectivity index (χ3v) is 4.14. The Morgan fingerprint density at radius 1 is 0.933 bits per heavy atom. The van der Waals surface area contributed by atoms with Gasteiger partial charge < -0.3 is 14.8 Å². The summed E-state index contributed by atoms with van der Waals surface area (Å²) < 4.78 is 10.6. The number of para-hydroxylation sites is 3. The van der Waals surface area contributed by atoms with E-state index in [4.69, 9.17) is 9.47 Å². The van der Waals surface area contributed by atoms with E-state index in [2.05, 4.69) is 5.32 Å². The number of hydrogen-bond donors (Lipinski definition) is 1. The molecule has 1 amide bonds. The Labute approximate surface area is 174 Å². The van der Waals surface area contributed by atoms with Crippen molar-refractivity contribution in [3.8, 4) is 17.6 Å². The molecule has 0 radical (unpaired) electrons. The van der Waals surface area contributed by atoms with Crippen molar-refractivity contribution < 1.29 is 19.1 Å². The number of nitrogens with one attached hydrogen (secondary N) is 1. The minimum absolute atomic E-state index is 0.166. The molecule has 0 unspecified atom stereocenters. The maximum absolute atomic E-state index is 12.7. The lowest BCUT2D eigenvalue weighted by Gasteiger charge is -2.12. The van der Waals surface area contributed by atoms with Gasteiger partial charge in [-0.2, -0.15) is 5.26 Å². The van der Waals surface area contributed by atoms with Gasteiger partial charge in [0, 0.05) is 0 Å². The van der Waals surface area contributed by atoms with Crippen LogP contribution in [0.4, 0.5) is 5.69 Å². The molecular weight excluding hydrogens is 380 g/mol. The molecule has 0 atom stereocenters. The molecule has 0 aliphatic carbocycles. The maximum Gasteiger partial charge on any atom is 0.338 e. The highest BCUT2D eigenvalue weighted by Crippen LogP contribution is 2.29. The molecule has 0 saturated heterocycles. The zero-order valence-electron chi connectivity index (χ0n) is 16.2. The molecule has 3 aromatic carbocycles. The number of nitriles is 1. The van der Waals surface area contributed by atoms with Gasteiger partial charge in [0.2, 0.25) is 0 Å². The van der Waals surface area contributed by atoms with Crippen LogP contribution in [-0.2, 0) is 9.53 Å². The highest BCUT2D eigenvalue weighted by atomic mass is 16.5. The summed E-state index contributed by atoms with van der Waals surface area (Å²) in [6.45, 7) is 0. The van der Waals surface area contributed by atoms with E-state index < -0.39 is 11.9 Å². The third-order valence-electron chi connectivity index (χ3n) is 4.14. The summed E-state index contributed by atoms with van der Waals surface area (Å²) in [5.74, 6) is -0.131. The van der Waals surface area contributed by atoms with Crippen molar-refractivity contribution >= 4 is 23.6 Å². The van der Waals surface area contributed by atoms with Crippen LogP contribution >= 0.6 is 0 Å². The normalized spacial score (nSPS) is 10.6. The predicted molar refractivity (Wildman–Crippen MR) is 113 cm³/mol. The molecule has 0 fully saturated rings. The summed E-state index contributed by atoms with van der Waals surface area (Å²) in [5.41, 5.74) is 0.910. The molecule has 0 aromatic heterocycles. The molecule has 0 bridgehead atoms. The molecule has 0 saturated carbocycles. The van der Waals surface area contributed by atoms with Crippen molar-refractivity contribution in [3.63, 3.8) is 0 Å². The van der Waals surface area contributed by atoms with Crippen LogP contribution < -0.4 is 10.1 Å². The number of amides is 1. The van der Waals surface area contributed by atoms with Crippen molar-refractivity contribution in [2.75, 3.05) is 12.4 Å². The first kappa shape index (κ1) is 20.4. The molecule has 1 N–H and O–H groups in total. The van der Waals surface area contributed by atoms with Crippen molar-refractivity contribution in [1.82, 2.24) is 0 Å². The van der Waals surface area contributed by atoms with Crippen LogP contribution in [0.2, 0.25) is 0 Å². The zero-order chi connectivity index (χ0) is 21.3. The Bertz CT molecular complexity index is 1130. The maximum atomic E-state index is 12.7. The van der Waals surface area contributed by atoms with E-state index in [-0.39, 0.29) is 11.1 Å². The Balaban J connectivity index is 1.86. The van der Waals surface area contributed by atoms with Gasteiger partial charge >= 0.3 is 5.97 Å². The van der Waals surface area contributed by atoms with Crippen LogP contribution in [0.15, 0.2) is 84.4 Å². The van der Waals surface area contributed by atoms with Crippen LogP contribution in [0.5, 0.6) is 11.5 Å². The number of carbonyl (C=O) groups is 2. The SMILES string of the molecule is COC(=O)c1ccccc1/C=C(\C#N)C(=O)Nc1ccccc1Oc1ccccc1. The molecule has 0 spiro atoms. The lowest BCUT2D eigenvalue weighted by molar-refractivity contribution is -0.112. The lowest BCUT2D eigenvalue weighted by atomic mass is 10.0. The largest absolute Gasteiger partial charge is 0.465 e. The first-order valence-corrected chi connectivity index (χ1v) is 9.05. The van der Waals surface area contributed by atoms with Crippen LogP contribution in [0.1, 0.15) is 15.9 Å². The van der Waals surface area contributed by atoms with Gasteiger partial charge in [0.25, 0.3) is 5.91 Å². The highest BCUT2D eigenvalue weighted by molar-refractivity contribution is 6.11. The van der Waals surface area contributed by atoms with Crippen LogP contribution in [-0.4, -0.2) is 19.0 Å². The zero-order valence-corrected chi connectivity index (χ0v) is 16.2. The number of nitrogens with zero attached hydrogens (tertiary/aromatic N) is 1. The van der Waals surface area contributed by atoms with Crippen LogP contribution in [0.3, 0.4) is 0 Å². The fraction of sp³-hybridized carbons (Fsp3) is 0.0417. The van der Waals surface area contributed by atoms with E-state index in [0.29, 0.717) is 22.7 Å². The second-order valence-electron chi connectivity index (χ2n) is 6.11. The third kappa shape index (κ3) is 4.91. The molecule has 0 heterocycles. The molecule has 3 aromatic rings. The van der Waals surface area contributed by atoms with E-state index in [0.717, 1.165) is 0 Å². The Hall–Kier alpha value is -4.37. The van der Waals surface area contributed by atoms with Gasteiger partial charge in [0.1, 0.15) is 17.4 Å².